The van der Waals surface area contributed by atoms with Crippen LogP contribution < -0.4 is 5.32 Å². The molecule has 4 heteroatoms. The van der Waals surface area contributed by atoms with Crippen molar-refractivity contribution >= 4 is 0 Å². The second kappa shape index (κ2) is 6.46. The molecule has 2 N–H and O–H groups in total. The van der Waals surface area contributed by atoms with Crippen molar-refractivity contribution in [2.24, 2.45) is 0 Å². The fourth-order valence-corrected chi connectivity index (χ4v) is 2.95. The fourth-order valence-electron chi connectivity index (χ4n) is 2.95. The van der Waals surface area contributed by atoms with E-state index in [1.165, 1.54) is 12.1 Å². The Morgan fingerprint density at radius 3 is 2.63 bits per heavy atom. The summed E-state index contributed by atoms with van der Waals surface area (Å²) in [6, 6.07) is 6.55. The fraction of sp³-hybridized carbons (Fsp3) is 0.600. The predicted octanol–water partition coefficient (Wildman–Crippen LogP) is 1.72. The van der Waals surface area contributed by atoms with Gasteiger partial charge < -0.3 is 10.4 Å². The molecule has 1 heterocycles. The van der Waals surface area contributed by atoms with Gasteiger partial charge in [-0.3, -0.25) is 4.90 Å². The number of aliphatic hydroxyl groups excluding tert-OH is 1. The average molecular weight is 266 g/mol. The van der Waals surface area contributed by atoms with Gasteiger partial charge in [0.25, 0.3) is 0 Å². The van der Waals surface area contributed by atoms with Gasteiger partial charge >= 0.3 is 0 Å². The monoisotopic (exact) mass is 266 g/mol. The number of nitrogens with one attached hydrogen (secondary N) is 1. The standard InChI is InChI=1S/C15H23FN2O/c1-2-15(12-19,13-4-6-14(16)7-5-13)18-10-3-8-17-9-11-18/h4-7,17,19H,2-3,8-12H2,1H3. The number of aliphatic hydroxyl groups is 1. The molecule has 1 unspecified atom stereocenters. The van der Waals surface area contributed by atoms with Gasteiger partial charge in [0.2, 0.25) is 0 Å². The second-order valence-electron chi connectivity index (χ2n) is 5.14. The molecular formula is C15H23FN2O. The molecule has 0 aromatic heterocycles. The summed E-state index contributed by atoms with van der Waals surface area (Å²) in [5.41, 5.74) is 0.612. The second-order valence-corrected chi connectivity index (χ2v) is 5.14. The molecule has 1 atom stereocenters. The van der Waals surface area contributed by atoms with Crippen LogP contribution in [-0.2, 0) is 5.54 Å². The highest BCUT2D eigenvalue weighted by molar-refractivity contribution is 5.25. The maximum Gasteiger partial charge on any atom is 0.123 e. The smallest absolute Gasteiger partial charge is 0.123 e. The highest BCUT2D eigenvalue weighted by Crippen LogP contribution is 2.32. The Balaban J connectivity index is 2.32. The number of benzene rings is 1. The molecule has 0 amide bonds. The zero-order valence-electron chi connectivity index (χ0n) is 11.5. The first-order valence-electron chi connectivity index (χ1n) is 7.05. The average Bonchev–Trinajstić information content (AvgIpc) is 2.72. The first-order chi connectivity index (χ1) is 9.23. The van der Waals surface area contributed by atoms with Crippen molar-refractivity contribution in [3.63, 3.8) is 0 Å². The van der Waals surface area contributed by atoms with Gasteiger partial charge in [0, 0.05) is 19.6 Å². The Kier molecular flexibility index (Phi) is 4.91. The molecule has 1 aliphatic rings. The predicted molar refractivity (Wildman–Crippen MR) is 74.5 cm³/mol. The van der Waals surface area contributed by atoms with Crippen LogP contribution in [0.5, 0.6) is 0 Å². The number of halogens is 1. The molecule has 0 radical (unpaired) electrons. The number of rotatable bonds is 4. The lowest BCUT2D eigenvalue weighted by atomic mass is 9.85. The zero-order valence-corrected chi connectivity index (χ0v) is 11.5. The summed E-state index contributed by atoms with van der Waals surface area (Å²) in [6.45, 7) is 5.96. The van der Waals surface area contributed by atoms with Gasteiger partial charge in [0.15, 0.2) is 0 Å². The van der Waals surface area contributed by atoms with Crippen LogP contribution in [0.3, 0.4) is 0 Å². The molecule has 1 aromatic carbocycles. The summed E-state index contributed by atoms with van der Waals surface area (Å²) in [7, 11) is 0. The molecule has 0 spiro atoms. The van der Waals surface area contributed by atoms with Crippen molar-refractivity contribution in [1.82, 2.24) is 10.2 Å². The molecule has 19 heavy (non-hydrogen) atoms. The van der Waals surface area contributed by atoms with Crippen molar-refractivity contribution in [2.45, 2.75) is 25.3 Å². The number of nitrogens with zero attached hydrogens (tertiary/aromatic N) is 1. The van der Waals surface area contributed by atoms with E-state index in [9.17, 15) is 9.50 Å². The molecule has 3 nitrogen and oxygen atoms in total. The van der Waals surface area contributed by atoms with E-state index in [1.54, 1.807) is 12.1 Å². The van der Waals surface area contributed by atoms with E-state index in [1.807, 2.05) is 0 Å². The van der Waals surface area contributed by atoms with Gasteiger partial charge in [0.1, 0.15) is 5.82 Å². The van der Waals surface area contributed by atoms with Gasteiger partial charge in [-0.1, -0.05) is 19.1 Å². The van der Waals surface area contributed by atoms with Crippen molar-refractivity contribution in [1.29, 1.82) is 0 Å². The van der Waals surface area contributed by atoms with Crippen molar-refractivity contribution in [2.75, 3.05) is 32.8 Å². The number of hydrogen-bond donors (Lipinski definition) is 2. The molecule has 0 bridgehead atoms. The Labute approximate surface area is 114 Å². The Bertz CT molecular complexity index is 382. The molecule has 0 saturated carbocycles. The summed E-state index contributed by atoms with van der Waals surface area (Å²) in [5, 5.41) is 13.4. The lowest BCUT2D eigenvalue weighted by molar-refractivity contribution is 0.0267. The maximum absolute atomic E-state index is 13.1. The molecule has 0 aliphatic carbocycles. The summed E-state index contributed by atoms with van der Waals surface area (Å²) in [4.78, 5) is 2.33. The van der Waals surface area contributed by atoms with Crippen molar-refractivity contribution in [3.8, 4) is 0 Å². The van der Waals surface area contributed by atoms with Crippen LogP contribution in [-0.4, -0.2) is 42.8 Å². The highest BCUT2D eigenvalue weighted by atomic mass is 19.1. The van der Waals surface area contributed by atoms with Gasteiger partial charge in [-0.05, 0) is 37.1 Å². The molecule has 2 rings (SSSR count). The third-order valence-corrected chi connectivity index (χ3v) is 4.17. The lowest BCUT2D eigenvalue weighted by Crippen LogP contribution is -2.50. The lowest BCUT2D eigenvalue weighted by Gasteiger charge is -2.42. The minimum absolute atomic E-state index is 0.0646. The van der Waals surface area contributed by atoms with E-state index in [2.05, 4.69) is 17.1 Å². The molecule has 1 aliphatic heterocycles. The van der Waals surface area contributed by atoms with Crippen LogP contribution in [0.25, 0.3) is 0 Å². The molecule has 1 saturated heterocycles. The Morgan fingerprint density at radius 1 is 1.26 bits per heavy atom. The molecular weight excluding hydrogens is 243 g/mol. The van der Waals surface area contributed by atoms with E-state index in [0.717, 1.165) is 44.6 Å². The quantitative estimate of drug-likeness (QED) is 0.871. The third-order valence-electron chi connectivity index (χ3n) is 4.17. The van der Waals surface area contributed by atoms with Crippen LogP contribution in [0.4, 0.5) is 4.39 Å². The molecule has 106 valence electrons. The minimum atomic E-state index is -0.389. The van der Waals surface area contributed by atoms with Crippen LogP contribution in [0, 0.1) is 5.82 Å². The summed E-state index contributed by atoms with van der Waals surface area (Å²) in [5.74, 6) is -0.232. The van der Waals surface area contributed by atoms with Gasteiger partial charge in [-0.2, -0.15) is 0 Å². The van der Waals surface area contributed by atoms with E-state index < -0.39 is 0 Å². The third kappa shape index (κ3) is 2.96. The maximum atomic E-state index is 13.1. The van der Waals surface area contributed by atoms with Gasteiger partial charge in [-0.15, -0.1) is 0 Å². The van der Waals surface area contributed by atoms with Gasteiger partial charge in [0.05, 0.1) is 12.1 Å². The van der Waals surface area contributed by atoms with Crippen LogP contribution >= 0.6 is 0 Å². The molecule has 1 fully saturated rings. The Hall–Kier alpha value is -0.970. The summed E-state index contributed by atoms with van der Waals surface area (Å²) < 4.78 is 13.1. The minimum Gasteiger partial charge on any atom is -0.394 e. The highest BCUT2D eigenvalue weighted by Gasteiger charge is 2.36. The normalized spacial score (nSPS) is 20.8. The summed E-state index contributed by atoms with van der Waals surface area (Å²) >= 11 is 0. The van der Waals surface area contributed by atoms with Crippen LogP contribution in [0.15, 0.2) is 24.3 Å². The van der Waals surface area contributed by atoms with E-state index in [4.69, 9.17) is 0 Å². The van der Waals surface area contributed by atoms with Crippen LogP contribution in [0.1, 0.15) is 25.3 Å². The van der Waals surface area contributed by atoms with Crippen molar-refractivity contribution < 1.29 is 9.50 Å². The molecule has 1 aromatic rings. The first-order valence-corrected chi connectivity index (χ1v) is 7.05. The van der Waals surface area contributed by atoms with Crippen molar-refractivity contribution in [3.05, 3.63) is 35.6 Å². The Morgan fingerprint density at radius 2 is 2.00 bits per heavy atom. The topological polar surface area (TPSA) is 35.5 Å². The first kappa shape index (κ1) is 14.4. The van der Waals surface area contributed by atoms with E-state index in [-0.39, 0.29) is 18.0 Å². The number of hydrogen-bond acceptors (Lipinski definition) is 3. The SMILES string of the molecule is CCC(CO)(c1ccc(F)cc1)N1CCCNCC1. The summed E-state index contributed by atoms with van der Waals surface area (Å²) in [6.07, 6.45) is 1.89. The van der Waals surface area contributed by atoms with E-state index >= 15 is 0 Å². The van der Waals surface area contributed by atoms with Crippen LogP contribution in [0.2, 0.25) is 0 Å². The van der Waals surface area contributed by atoms with E-state index in [0.29, 0.717) is 0 Å². The largest absolute Gasteiger partial charge is 0.394 e. The van der Waals surface area contributed by atoms with Gasteiger partial charge in [-0.25, -0.2) is 4.39 Å². The zero-order chi connectivity index (χ0) is 13.7.